The van der Waals surface area contributed by atoms with Crippen molar-refractivity contribution >= 4 is 22.9 Å². The van der Waals surface area contributed by atoms with E-state index in [1.807, 2.05) is 5.32 Å². The molecule has 0 aliphatic heterocycles. The molecule has 0 spiro atoms. The van der Waals surface area contributed by atoms with Crippen molar-refractivity contribution in [3.8, 4) is 16.9 Å². The number of nitrogens with one attached hydrogen (secondary N) is 1. The first-order valence-electron chi connectivity index (χ1n) is 8.26. The zero-order valence-electron chi connectivity index (χ0n) is 15.2. The lowest BCUT2D eigenvalue weighted by Gasteiger charge is -2.16. The Balaban J connectivity index is 2.35. The number of pyridine rings is 3. The Hall–Kier alpha value is -3.96. The Morgan fingerprint density at radius 1 is 1.30 bits per heavy atom. The number of carbonyl (C=O) groups is 2. The number of carboxylic acids is 1. The maximum Gasteiger partial charge on any atom is 0.434 e. The number of aliphatic carboxylic acids is 1. The molecule has 0 aliphatic carbocycles. The molecule has 0 bridgehead atoms. The Bertz CT molecular complexity index is 1220. The predicted octanol–water partition coefficient (Wildman–Crippen LogP) is 1.53. The van der Waals surface area contributed by atoms with Crippen LogP contribution in [0.15, 0.2) is 35.4 Å². The largest absolute Gasteiger partial charge is 0.506 e. The smallest absolute Gasteiger partial charge is 0.434 e. The minimum atomic E-state index is -4.89. The maximum absolute atomic E-state index is 13.6. The molecule has 1 amide bonds. The van der Waals surface area contributed by atoms with E-state index >= 15 is 0 Å². The molecular formula is C18H13F3N4O5. The van der Waals surface area contributed by atoms with Gasteiger partial charge in [0.15, 0.2) is 5.69 Å². The summed E-state index contributed by atoms with van der Waals surface area (Å²) in [5, 5.41) is 20.8. The maximum atomic E-state index is 13.6. The zero-order valence-corrected chi connectivity index (χ0v) is 15.2. The summed E-state index contributed by atoms with van der Waals surface area (Å²) in [5.41, 5.74) is -4.14. The Labute approximate surface area is 165 Å². The molecule has 0 radical (unpaired) electrons. The van der Waals surface area contributed by atoms with Crippen LogP contribution in [0.4, 0.5) is 13.2 Å². The van der Waals surface area contributed by atoms with Crippen LogP contribution < -0.4 is 10.9 Å². The highest BCUT2D eigenvalue weighted by atomic mass is 19.4. The van der Waals surface area contributed by atoms with E-state index < -0.39 is 58.4 Å². The minimum absolute atomic E-state index is 0.0457. The second-order valence-electron chi connectivity index (χ2n) is 6.16. The first-order chi connectivity index (χ1) is 14.0. The third-order valence-corrected chi connectivity index (χ3v) is 4.20. The van der Waals surface area contributed by atoms with Crippen molar-refractivity contribution in [1.29, 1.82) is 0 Å². The summed E-state index contributed by atoms with van der Waals surface area (Å²) in [6, 6.07) is 3.71. The number of halogens is 3. The fourth-order valence-corrected chi connectivity index (χ4v) is 2.84. The van der Waals surface area contributed by atoms with Crippen LogP contribution in [0.3, 0.4) is 0 Å². The number of nitrogens with zero attached hydrogens (tertiary/aromatic N) is 3. The highest BCUT2D eigenvalue weighted by Crippen LogP contribution is 2.39. The van der Waals surface area contributed by atoms with E-state index in [0.717, 1.165) is 19.3 Å². The van der Waals surface area contributed by atoms with Crippen LogP contribution in [-0.2, 0) is 18.0 Å². The predicted molar refractivity (Wildman–Crippen MR) is 96.9 cm³/mol. The van der Waals surface area contributed by atoms with Gasteiger partial charge in [-0.05, 0) is 12.1 Å². The first kappa shape index (κ1) is 20.8. The summed E-state index contributed by atoms with van der Waals surface area (Å²) >= 11 is 0. The molecule has 3 aromatic rings. The van der Waals surface area contributed by atoms with Crippen molar-refractivity contribution in [2.75, 3.05) is 6.54 Å². The normalized spacial score (nSPS) is 11.5. The number of rotatable bonds is 4. The molecule has 156 valence electrons. The lowest BCUT2D eigenvalue weighted by atomic mass is 10.0. The molecule has 0 aromatic carbocycles. The number of aromatic nitrogens is 3. The lowest BCUT2D eigenvalue weighted by molar-refractivity contribution is -0.140. The second kappa shape index (κ2) is 7.46. The van der Waals surface area contributed by atoms with E-state index in [0.29, 0.717) is 4.57 Å². The number of fused-ring (bicyclic) bond motifs is 1. The highest BCUT2D eigenvalue weighted by molar-refractivity contribution is 6.03. The van der Waals surface area contributed by atoms with Crippen molar-refractivity contribution < 1.29 is 33.0 Å². The van der Waals surface area contributed by atoms with E-state index in [9.17, 15) is 32.7 Å². The van der Waals surface area contributed by atoms with Gasteiger partial charge in [-0.15, -0.1) is 0 Å². The molecule has 30 heavy (non-hydrogen) atoms. The molecule has 0 fully saturated rings. The summed E-state index contributed by atoms with van der Waals surface area (Å²) in [7, 11) is 1.08. The van der Waals surface area contributed by atoms with Gasteiger partial charge < -0.3 is 15.5 Å². The van der Waals surface area contributed by atoms with Gasteiger partial charge in [-0.1, -0.05) is 6.07 Å². The van der Waals surface area contributed by atoms with Gasteiger partial charge in [-0.25, -0.2) is 4.98 Å². The van der Waals surface area contributed by atoms with Gasteiger partial charge in [0.1, 0.15) is 23.5 Å². The van der Waals surface area contributed by atoms with Crippen molar-refractivity contribution in [2.45, 2.75) is 6.18 Å². The van der Waals surface area contributed by atoms with E-state index in [4.69, 9.17) is 5.11 Å². The molecule has 3 rings (SSSR count). The Morgan fingerprint density at radius 3 is 2.57 bits per heavy atom. The van der Waals surface area contributed by atoms with Crippen molar-refractivity contribution in [3.63, 3.8) is 0 Å². The first-order valence-corrected chi connectivity index (χ1v) is 8.26. The lowest BCUT2D eigenvalue weighted by Crippen LogP contribution is -2.35. The standard InChI is InChI=1S/C18H13F3N4O5/c1-25-15-10(13(28)12(17(25)30)16(29)23-7-11(26)27)5-9(8-3-2-4-22-6-8)14(24-15)18(19,20)21/h2-6,28H,7H2,1H3,(H,23,29)(H,26,27). The number of hydrogen-bond donors (Lipinski definition) is 3. The minimum Gasteiger partial charge on any atom is -0.506 e. The highest BCUT2D eigenvalue weighted by Gasteiger charge is 2.37. The van der Waals surface area contributed by atoms with Crippen molar-refractivity contribution in [2.24, 2.45) is 7.05 Å². The Morgan fingerprint density at radius 2 is 2.00 bits per heavy atom. The van der Waals surface area contributed by atoms with Gasteiger partial charge in [0, 0.05) is 30.6 Å². The van der Waals surface area contributed by atoms with Crippen LogP contribution in [0, 0.1) is 0 Å². The second-order valence-corrected chi connectivity index (χ2v) is 6.16. The van der Waals surface area contributed by atoms with Gasteiger partial charge in [0.2, 0.25) is 0 Å². The average Bonchev–Trinajstić information content (AvgIpc) is 2.69. The molecule has 3 heterocycles. The number of aromatic hydroxyl groups is 1. The van der Waals surface area contributed by atoms with E-state index in [1.165, 1.54) is 18.3 Å². The summed E-state index contributed by atoms with van der Waals surface area (Å²) in [6.07, 6.45) is -2.36. The SMILES string of the molecule is Cn1c(=O)c(C(=O)NCC(=O)O)c(O)c2cc(-c3cccnc3)c(C(F)(F)F)nc21. The number of carbonyl (C=O) groups excluding carboxylic acids is 1. The molecule has 9 nitrogen and oxygen atoms in total. The van der Waals surface area contributed by atoms with E-state index in [2.05, 4.69) is 9.97 Å². The fourth-order valence-electron chi connectivity index (χ4n) is 2.84. The zero-order chi connectivity index (χ0) is 22.2. The molecule has 0 atom stereocenters. The third kappa shape index (κ3) is 3.66. The summed E-state index contributed by atoms with van der Waals surface area (Å²) in [6.45, 7) is -0.828. The van der Waals surface area contributed by atoms with Crippen molar-refractivity contribution in [1.82, 2.24) is 19.9 Å². The summed E-state index contributed by atoms with van der Waals surface area (Å²) < 4.78 is 41.6. The average molecular weight is 422 g/mol. The van der Waals surface area contributed by atoms with Gasteiger partial charge >= 0.3 is 12.1 Å². The van der Waals surface area contributed by atoms with Crippen LogP contribution in [0.5, 0.6) is 5.75 Å². The topological polar surface area (TPSA) is 134 Å². The molecule has 3 N–H and O–H groups in total. The number of amides is 1. The van der Waals surface area contributed by atoms with Crippen LogP contribution in [0.2, 0.25) is 0 Å². The van der Waals surface area contributed by atoms with Gasteiger partial charge in [0.05, 0.1) is 5.39 Å². The number of hydrogen-bond acceptors (Lipinski definition) is 6. The molecule has 0 saturated heterocycles. The monoisotopic (exact) mass is 422 g/mol. The molecular weight excluding hydrogens is 409 g/mol. The van der Waals surface area contributed by atoms with E-state index in [1.54, 1.807) is 0 Å². The van der Waals surface area contributed by atoms with Crippen LogP contribution in [0.25, 0.3) is 22.2 Å². The molecule has 0 unspecified atom stereocenters. The third-order valence-electron chi connectivity index (χ3n) is 4.20. The summed E-state index contributed by atoms with van der Waals surface area (Å²) in [4.78, 5) is 42.6. The summed E-state index contributed by atoms with van der Waals surface area (Å²) in [5.74, 6) is -3.50. The van der Waals surface area contributed by atoms with Crippen LogP contribution in [-0.4, -0.2) is 43.2 Å². The molecule has 0 saturated carbocycles. The van der Waals surface area contributed by atoms with Crippen LogP contribution >= 0.6 is 0 Å². The van der Waals surface area contributed by atoms with E-state index in [-0.39, 0.29) is 10.9 Å². The van der Waals surface area contributed by atoms with Gasteiger partial charge in [-0.3, -0.25) is 23.9 Å². The van der Waals surface area contributed by atoms with Gasteiger partial charge in [-0.2, -0.15) is 13.2 Å². The Kier molecular flexibility index (Phi) is 5.16. The molecule has 12 heteroatoms. The molecule has 3 aromatic heterocycles. The van der Waals surface area contributed by atoms with Gasteiger partial charge in [0.25, 0.3) is 11.5 Å². The van der Waals surface area contributed by atoms with Crippen LogP contribution in [0.1, 0.15) is 16.1 Å². The number of alkyl halides is 3. The molecule has 0 aliphatic rings. The van der Waals surface area contributed by atoms with Crippen molar-refractivity contribution in [3.05, 3.63) is 52.2 Å². The number of carboxylic acid groups (broad SMARTS) is 1. The quantitative estimate of drug-likeness (QED) is 0.580. The fraction of sp³-hybridized carbons (Fsp3) is 0.167. The number of aryl methyl sites for hydroxylation is 1.